The van der Waals surface area contributed by atoms with Crippen molar-refractivity contribution >= 4 is 17.7 Å². The summed E-state index contributed by atoms with van der Waals surface area (Å²) in [7, 11) is 0. The molecule has 3 aromatic rings. The molecule has 12 nitrogen and oxygen atoms in total. The number of amides is 3. The van der Waals surface area contributed by atoms with Gasteiger partial charge >= 0.3 is 0 Å². The number of benzene rings is 2. The normalized spacial score (nSPS) is 23.7. The van der Waals surface area contributed by atoms with Crippen LogP contribution in [0, 0.1) is 17.2 Å². The maximum absolute atomic E-state index is 13.7. The Morgan fingerprint density at radius 1 is 0.860 bits per heavy atom. The van der Waals surface area contributed by atoms with Gasteiger partial charge in [-0.25, -0.2) is 5.10 Å². The van der Waals surface area contributed by atoms with Gasteiger partial charge in [-0.15, -0.1) is 5.10 Å². The number of carbonyl (C=O) groups excluding carboxylic acids is 3. The zero-order chi connectivity index (χ0) is 34.2. The van der Waals surface area contributed by atoms with Crippen LogP contribution in [0.25, 0.3) is 0 Å². The van der Waals surface area contributed by atoms with E-state index in [1.165, 1.54) is 0 Å². The van der Waals surface area contributed by atoms with E-state index in [0.29, 0.717) is 48.7 Å². The molecule has 12 heteroatoms. The minimum Gasteiger partial charge on any atom is -0.339 e. The lowest BCUT2D eigenvalue weighted by Crippen LogP contribution is -2.44. The molecule has 50 heavy (non-hydrogen) atoms. The SMILES string of the molecule is N#CC1C[C@@H]2C[C@@H]2N1C(=O)CNCCC1(c2nnn[nH]2)c2ccc(C(=O)N3CCCCC3)cc2CCc2cc(C(=O)N3CCCCC3)ccc21. The van der Waals surface area contributed by atoms with Gasteiger partial charge in [0, 0.05) is 43.3 Å². The summed E-state index contributed by atoms with van der Waals surface area (Å²) in [5.74, 6) is 1.12. The molecule has 4 heterocycles. The second-order valence-corrected chi connectivity index (χ2v) is 14.8. The number of H-pyrrole nitrogens is 1. The Morgan fingerprint density at radius 2 is 1.46 bits per heavy atom. The summed E-state index contributed by atoms with van der Waals surface area (Å²) in [6.07, 6.45) is 10.1. The van der Waals surface area contributed by atoms with Crippen LogP contribution >= 0.6 is 0 Å². The number of rotatable bonds is 8. The van der Waals surface area contributed by atoms with Gasteiger partial charge in [-0.05, 0) is 140 Å². The summed E-state index contributed by atoms with van der Waals surface area (Å²) >= 11 is 0. The Bertz CT molecular complexity index is 1720. The molecule has 3 saturated heterocycles. The first-order valence-electron chi connectivity index (χ1n) is 18.5. The average molecular weight is 676 g/mol. The Morgan fingerprint density at radius 3 is 2.00 bits per heavy atom. The molecule has 1 unspecified atom stereocenters. The van der Waals surface area contributed by atoms with E-state index >= 15 is 0 Å². The van der Waals surface area contributed by atoms with E-state index in [2.05, 4.69) is 56.3 Å². The van der Waals surface area contributed by atoms with Crippen molar-refractivity contribution in [2.75, 3.05) is 39.3 Å². The highest BCUT2D eigenvalue weighted by molar-refractivity contribution is 5.95. The average Bonchev–Trinajstić information content (AvgIpc) is 3.54. The molecule has 2 N–H and O–H groups in total. The third-order valence-corrected chi connectivity index (χ3v) is 11.8. The van der Waals surface area contributed by atoms with Crippen molar-refractivity contribution in [1.82, 2.24) is 40.6 Å². The Balaban J connectivity index is 1.15. The number of hydrogen-bond acceptors (Lipinski definition) is 8. The molecule has 3 aliphatic heterocycles. The fraction of sp³-hybridized carbons (Fsp3) is 0.553. The number of aromatic nitrogens is 4. The van der Waals surface area contributed by atoms with Crippen molar-refractivity contribution in [3.63, 3.8) is 0 Å². The first-order chi connectivity index (χ1) is 24.5. The highest BCUT2D eigenvalue weighted by Gasteiger charge is 2.54. The van der Waals surface area contributed by atoms with Crippen LogP contribution in [0.2, 0.25) is 0 Å². The van der Waals surface area contributed by atoms with E-state index in [-0.39, 0.29) is 36.3 Å². The van der Waals surface area contributed by atoms with Crippen molar-refractivity contribution < 1.29 is 14.4 Å². The number of nitrogens with one attached hydrogen (secondary N) is 2. The molecule has 8 rings (SSSR count). The van der Waals surface area contributed by atoms with Crippen molar-refractivity contribution in [1.29, 1.82) is 5.26 Å². The number of hydrogen-bond donors (Lipinski definition) is 2. The fourth-order valence-corrected chi connectivity index (χ4v) is 9.15. The molecule has 0 spiro atoms. The van der Waals surface area contributed by atoms with Crippen LogP contribution in [0.5, 0.6) is 0 Å². The molecule has 2 aliphatic carbocycles. The Kier molecular flexibility index (Phi) is 8.85. The number of piperidine rings is 3. The monoisotopic (exact) mass is 675 g/mol. The van der Waals surface area contributed by atoms with Crippen LogP contribution in [0.3, 0.4) is 0 Å². The van der Waals surface area contributed by atoms with E-state index in [9.17, 15) is 19.6 Å². The summed E-state index contributed by atoms with van der Waals surface area (Å²) in [5.41, 5.74) is 4.65. The second kappa shape index (κ2) is 13.6. The molecule has 3 amide bonds. The number of fused-ring (bicyclic) bond motifs is 3. The van der Waals surface area contributed by atoms with Crippen molar-refractivity contribution in [3.8, 4) is 6.07 Å². The minimum absolute atomic E-state index is 0.0414. The third-order valence-electron chi connectivity index (χ3n) is 11.8. The molecule has 3 atom stereocenters. The predicted molar refractivity (Wildman–Crippen MR) is 184 cm³/mol. The smallest absolute Gasteiger partial charge is 0.253 e. The Labute approximate surface area is 292 Å². The number of aromatic amines is 1. The molecule has 5 aliphatic rings. The van der Waals surface area contributed by atoms with Crippen LogP contribution in [-0.4, -0.2) is 104 Å². The first kappa shape index (κ1) is 32.6. The third kappa shape index (κ3) is 5.85. The molecule has 0 bridgehead atoms. The summed E-state index contributed by atoms with van der Waals surface area (Å²) in [6, 6.07) is 14.3. The fourth-order valence-electron chi connectivity index (χ4n) is 9.15. The zero-order valence-electron chi connectivity index (χ0n) is 28.6. The van der Waals surface area contributed by atoms with E-state index in [1.807, 2.05) is 21.9 Å². The number of aryl methyl sites for hydroxylation is 2. The largest absolute Gasteiger partial charge is 0.339 e. The van der Waals surface area contributed by atoms with E-state index in [1.54, 1.807) is 4.90 Å². The van der Waals surface area contributed by atoms with E-state index in [4.69, 9.17) is 0 Å². The van der Waals surface area contributed by atoms with Crippen molar-refractivity contribution in [3.05, 3.63) is 75.6 Å². The molecular formula is C38H45N9O3. The number of nitriles is 1. The second-order valence-electron chi connectivity index (χ2n) is 14.8. The maximum Gasteiger partial charge on any atom is 0.253 e. The summed E-state index contributed by atoms with van der Waals surface area (Å²) in [5, 5.41) is 28.7. The van der Waals surface area contributed by atoms with Gasteiger partial charge in [0.05, 0.1) is 18.0 Å². The Hall–Kier alpha value is -4.63. The van der Waals surface area contributed by atoms with Gasteiger partial charge in [-0.1, -0.05) is 12.1 Å². The zero-order valence-corrected chi connectivity index (χ0v) is 28.6. The lowest BCUT2D eigenvalue weighted by Gasteiger charge is -2.35. The van der Waals surface area contributed by atoms with Gasteiger partial charge in [0.25, 0.3) is 11.8 Å². The molecular weight excluding hydrogens is 630 g/mol. The summed E-state index contributed by atoms with van der Waals surface area (Å²) in [4.78, 5) is 46.4. The topological polar surface area (TPSA) is 151 Å². The molecule has 260 valence electrons. The maximum atomic E-state index is 13.7. The van der Waals surface area contributed by atoms with Crippen LogP contribution in [-0.2, 0) is 23.1 Å². The minimum atomic E-state index is -0.843. The summed E-state index contributed by atoms with van der Waals surface area (Å²) < 4.78 is 0. The lowest BCUT2D eigenvalue weighted by molar-refractivity contribution is -0.131. The molecule has 1 saturated carbocycles. The van der Waals surface area contributed by atoms with Gasteiger partial charge in [0.2, 0.25) is 5.91 Å². The van der Waals surface area contributed by atoms with Crippen LogP contribution < -0.4 is 5.32 Å². The molecule has 0 radical (unpaired) electrons. The predicted octanol–water partition coefficient (Wildman–Crippen LogP) is 3.38. The van der Waals surface area contributed by atoms with E-state index in [0.717, 1.165) is 99.8 Å². The number of carbonyl (C=O) groups is 3. The van der Waals surface area contributed by atoms with Gasteiger partial charge in [-0.2, -0.15) is 5.26 Å². The molecule has 2 aromatic carbocycles. The standard InChI is InChI=1S/C38H45N9O3/c39-23-30-21-29-22-33(29)47(30)34(48)24-40-14-13-38(37-41-43-44-42-37)31-11-9-27(35(49)45-15-3-1-4-16-45)19-25(31)7-8-26-20-28(10-12-32(26)38)36(50)46-17-5-2-6-18-46/h9-12,19-20,29-30,33,40H,1-8,13-18,21-22,24H2,(H,41,42,43,44)/t29-,30?,33+/m1/s1. The highest BCUT2D eigenvalue weighted by Crippen LogP contribution is 2.48. The van der Waals surface area contributed by atoms with Gasteiger partial charge < -0.3 is 20.0 Å². The van der Waals surface area contributed by atoms with Crippen molar-refractivity contribution in [2.24, 2.45) is 5.92 Å². The molecule has 4 fully saturated rings. The van der Waals surface area contributed by atoms with Crippen LogP contribution in [0.4, 0.5) is 0 Å². The number of likely N-dealkylation sites (tertiary alicyclic amines) is 3. The van der Waals surface area contributed by atoms with Crippen molar-refractivity contribution in [2.45, 2.75) is 88.1 Å². The highest BCUT2D eigenvalue weighted by atomic mass is 16.2. The van der Waals surface area contributed by atoms with Gasteiger partial charge in [0.1, 0.15) is 6.04 Å². The van der Waals surface area contributed by atoms with Gasteiger partial charge in [0.15, 0.2) is 5.82 Å². The molecule has 1 aromatic heterocycles. The van der Waals surface area contributed by atoms with Crippen LogP contribution in [0.15, 0.2) is 36.4 Å². The summed E-state index contributed by atoms with van der Waals surface area (Å²) in [6.45, 7) is 3.72. The quantitative estimate of drug-likeness (QED) is 0.345. The number of tetrazole rings is 1. The first-order valence-corrected chi connectivity index (χ1v) is 18.5. The van der Waals surface area contributed by atoms with E-state index < -0.39 is 5.41 Å². The lowest BCUT2D eigenvalue weighted by atomic mass is 9.69. The van der Waals surface area contributed by atoms with Gasteiger partial charge in [-0.3, -0.25) is 14.4 Å². The van der Waals surface area contributed by atoms with Crippen LogP contribution in [0.1, 0.15) is 107 Å². The number of nitrogens with zero attached hydrogens (tertiary/aromatic N) is 7.